The molecule has 0 radical (unpaired) electrons. The fraction of sp³-hybridized carbons (Fsp3) is 0.500. The smallest absolute Gasteiger partial charge is 0.226 e. The number of thiazole rings is 1. The lowest BCUT2D eigenvalue weighted by Crippen LogP contribution is -2.41. The molecule has 106 valence electrons. The van der Waals surface area contributed by atoms with Crippen LogP contribution in [0, 0.1) is 0 Å². The second-order valence-corrected chi connectivity index (χ2v) is 6.00. The van der Waals surface area contributed by atoms with Crippen LogP contribution in [-0.4, -0.2) is 26.5 Å². The minimum Gasteiger partial charge on any atom is -0.351 e. The van der Waals surface area contributed by atoms with Crippen LogP contribution in [0.15, 0.2) is 17.8 Å². The van der Waals surface area contributed by atoms with Gasteiger partial charge in [-0.15, -0.1) is 11.3 Å². The average Bonchev–Trinajstić information content (AvgIpc) is 3.06. The van der Waals surface area contributed by atoms with Crippen LogP contribution >= 0.6 is 11.3 Å². The van der Waals surface area contributed by atoms with E-state index >= 15 is 0 Å². The number of imidazole rings is 1. The summed E-state index contributed by atoms with van der Waals surface area (Å²) in [7, 11) is 0. The third-order valence-electron chi connectivity index (χ3n) is 3.54. The summed E-state index contributed by atoms with van der Waals surface area (Å²) in [6.07, 6.45) is 6.99. The zero-order valence-electron chi connectivity index (χ0n) is 11.5. The number of nitrogens with zero attached hydrogens (tertiary/aromatic N) is 3. The van der Waals surface area contributed by atoms with Crippen molar-refractivity contribution in [1.29, 1.82) is 0 Å². The molecule has 0 fully saturated rings. The minimum atomic E-state index is 0.0616. The topological polar surface area (TPSA) is 59.8 Å². The molecule has 3 heterocycles. The maximum Gasteiger partial charge on any atom is 0.226 e. The van der Waals surface area contributed by atoms with Gasteiger partial charge in [-0.3, -0.25) is 4.79 Å². The van der Waals surface area contributed by atoms with Gasteiger partial charge in [0.25, 0.3) is 0 Å². The first-order chi connectivity index (χ1) is 9.74. The number of carbonyl (C=O) groups excluding carboxylic acids is 1. The van der Waals surface area contributed by atoms with Gasteiger partial charge < -0.3 is 9.88 Å². The summed E-state index contributed by atoms with van der Waals surface area (Å²) in [4.78, 5) is 20.8. The van der Waals surface area contributed by atoms with Crippen LogP contribution in [0.2, 0.25) is 0 Å². The molecule has 1 atom stereocenters. The first-order valence-corrected chi connectivity index (χ1v) is 7.85. The predicted molar refractivity (Wildman–Crippen MR) is 77.7 cm³/mol. The Morgan fingerprint density at radius 1 is 1.60 bits per heavy atom. The molecule has 3 rings (SSSR count). The number of aryl methyl sites for hydroxylation is 2. The molecule has 1 N–H and O–H groups in total. The molecular formula is C14H18N4OS. The van der Waals surface area contributed by atoms with Gasteiger partial charge in [0.1, 0.15) is 5.82 Å². The predicted octanol–water partition coefficient (Wildman–Crippen LogP) is 1.58. The van der Waals surface area contributed by atoms with Crippen molar-refractivity contribution in [2.45, 2.75) is 45.2 Å². The maximum absolute atomic E-state index is 12.1. The first kappa shape index (κ1) is 13.3. The van der Waals surface area contributed by atoms with Crippen LogP contribution < -0.4 is 5.32 Å². The number of hydrogen-bond acceptors (Lipinski definition) is 4. The number of nitrogens with one attached hydrogen (secondary N) is 1. The van der Waals surface area contributed by atoms with Gasteiger partial charge in [-0.2, -0.15) is 0 Å². The van der Waals surface area contributed by atoms with Crippen molar-refractivity contribution in [1.82, 2.24) is 19.9 Å². The van der Waals surface area contributed by atoms with Gasteiger partial charge in [0.05, 0.1) is 17.1 Å². The Kier molecular flexibility index (Phi) is 3.82. The molecule has 5 nitrogen and oxygen atoms in total. The molecule has 0 bridgehead atoms. The molecule has 0 saturated heterocycles. The Bertz CT molecular complexity index is 604. The molecule has 1 amide bonds. The van der Waals surface area contributed by atoms with E-state index in [0.717, 1.165) is 42.3 Å². The second-order valence-electron chi connectivity index (χ2n) is 5.06. The van der Waals surface area contributed by atoms with Crippen molar-refractivity contribution >= 4 is 17.2 Å². The Morgan fingerprint density at radius 3 is 3.30 bits per heavy atom. The highest BCUT2D eigenvalue weighted by molar-refractivity contribution is 7.09. The first-order valence-electron chi connectivity index (χ1n) is 6.97. The largest absolute Gasteiger partial charge is 0.351 e. The van der Waals surface area contributed by atoms with E-state index in [1.54, 1.807) is 11.3 Å². The highest BCUT2D eigenvalue weighted by Gasteiger charge is 2.20. The second kappa shape index (κ2) is 5.75. The molecule has 0 aromatic carbocycles. The molecule has 1 aliphatic rings. The van der Waals surface area contributed by atoms with Gasteiger partial charge in [-0.25, -0.2) is 9.97 Å². The number of amides is 1. The van der Waals surface area contributed by atoms with Gasteiger partial charge in [0, 0.05) is 36.8 Å². The Labute approximate surface area is 122 Å². The van der Waals surface area contributed by atoms with E-state index in [1.165, 1.54) is 0 Å². The summed E-state index contributed by atoms with van der Waals surface area (Å²) in [5.41, 5.74) is 0.878. The van der Waals surface area contributed by atoms with Crippen molar-refractivity contribution in [3.05, 3.63) is 34.3 Å². The third kappa shape index (κ3) is 2.90. The quantitative estimate of drug-likeness (QED) is 0.930. The van der Waals surface area contributed by atoms with Gasteiger partial charge in [-0.05, 0) is 12.8 Å². The Balaban J connectivity index is 1.54. The lowest BCUT2D eigenvalue weighted by Gasteiger charge is -2.24. The number of rotatable bonds is 4. The molecule has 2 aromatic rings. The molecule has 0 saturated carbocycles. The summed E-state index contributed by atoms with van der Waals surface area (Å²) in [5, 5.41) is 6.17. The van der Waals surface area contributed by atoms with E-state index in [-0.39, 0.29) is 11.9 Å². The molecule has 1 aliphatic heterocycles. The number of hydrogen-bond donors (Lipinski definition) is 1. The van der Waals surface area contributed by atoms with Crippen LogP contribution in [0.5, 0.6) is 0 Å². The van der Waals surface area contributed by atoms with E-state index < -0.39 is 0 Å². The molecule has 0 spiro atoms. The van der Waals surface area contributed by atoms with Gasteiger partial charge in [-0.1, -0.05) is 6.92 Å². The lowest BCUT2D eigenvalue weighted by molar-refractivity contribution is -0.121. The highest BCUT2D eigenvalue weighted by atomic mass is 32.1. The summed E-state index contributed by atoms with van der Waals surface area (Å²) in [6.45, 7) is 2.89. The van der Waals surface area contributed by atoms with E-state index in [0.29, 0.717) is 6.42 Å². The van der Waals surface area contributed by atoms with Crippen molar-refractivity contribution < 1.29 is 4.79 Å². The molecule has 20 heavy (non-hydrogen) atoms. The van der Waals surface area contributed by atoms with E-state index in [9.17, 15) is 4.79 Å². The van der Waals surface area contributed by atoms with Crippen LogP contribution in [0.4, 0.5) is 0 Å². The SMILES string of the molecule is CCc1nc(CC(=O)N[C@H]2CCc3nccn3C2)cs1. The number of fused-ring (bicyclic) bond motifs is 1. The monoisotopic (exact) mass is 290 g/mol. The molecule has 0 unspecified atom stereocenters. The third-order valence-corrected chi connectivity index (χ3v) is 4.59. The van der Waals surface area contributed by atoms with Gasteiger partial charge >= 0.3 is 0 Å². The lowest BCUT2D eigenvalue weighted by atomic mass is 10.1. The summed E-state index contributed by atoms with van der Waals surface area (Å²) in [5.74, 6) is 1.18. The van der Waals surface area contributed by atoms with E-state index in [2.05, 4.69) is 26.8 Å². The standard InChI is InChI=1S/C14H18N4OS/c1-2-14-17-11(9-20-14)7-13(19)16-10-3-4-12-15-5-6-18(12)8-10/h5-6,9-10H,2-4,7-8H2,1H3,(H,16,19)/t10-/m0/s1. The summed E-state index contributed by atoms with van der Waals surface area (Å²) >= 11 is 1.63. The van der Waals surface area contributed by atoms with E-state index in [4.69, 9.17) is 0 Å². The fourth-order valence-corrected chi connectivity index (χ4v) is 3.26. The van der Waals surface area contributed by atoms with Gasteiger partial charge in [0.2, 0.25) is 5.91 Å². The van der Waals surface area contributed by atoms with Crippen LogP contribution in [0.1, 0.15) is 29.9 Å². The summed E-state index contributed by atoms with van der Waals surface area (Å²) in [6, 6.07) is 0.202. The Hall–Kier alpha value is -1.69. The molecule has 2 aromatic heterocycles. The van der Waals surface area contributed by atoms with Crippen LogP contribution in [-0.2, 0) is 30.6 Å². The van der Waals surface area contributed by atoms with E-state index in [1.807, 2.05) is 17.8 Å². The normalized spacial score (nSPS) is 17.8. The molecular weight excluding hydrogens is 272 g/mol. The molecule has 6 heteroatoms. The maximum atomic E-state index is 12.1. The van der Waals surface area contributed by atoms with Crippen molar-refractivity contribution in [3.63, 3.8) is 0 Å². The fourth-order valence-electron chi connectivity index (χ4n) is 2.52. The van der Waals surface area contributed by atoms with Crippen LogP contribution in [0.25, 0.3) is 0 Å². The van der Waals surface area contributed by atoms with Crippen LogP contribution in [0.3, 0.4) is 0 Å². The number of aromatic nitrogens is 3. The highest BCUT2D eigenvalue weighted by Crippen LogP contribution is 2.14. The Morgan fingerprint density at radius 2 is 2.50 bits per heavy atom. The van der Waals surface area contributed by atoms with Crippen molar-refractivity contribution in [2.24, 2.45) is 0 Å². The number of carbonyl (C=O) groups is 1. The average molecular weight is 290 g/mol. The van der Waals surface area contributed by atoms with Crippen molar-refractivity contribution in [3.8, 4) is 0 Å². The van der Waals surface area contributed by atoms with Crippen molar-refractivity contribution in [2.75, 3.05) is 0 Å². The zero-order valence-corrected chi connectivity index (χ0v) is 12.3. The summed E-state index contributed by atoms with van der Waals surface area (Å²) < 4.78 is 2.12. The minimum absolute atomic E-state index is 0.0616. The van der Waals surface area contributed by atoms with Gasteiger partial charge in [0.15, 0.2) is 0 Å². The molecule has 0 aliphatic carbocycles. The zero-order chi connectivity index (χ0) is 13.9.